The molecule has 118 valence electrons. The quantitative estimate of drug-likeness (QED) is 0.695. The highest BCUT2D eigenvalue weighted by Gasteiger charge is 2.12. The molecule has 0 fully saturated rings. The van der Waals surface area contributed by atoms with Crippen LogP contribution in [0.2, 0.25) is 0 Å². The molecular formula is C17H16N2O4. The monoisotopic (exact) mass is 312 g/mol. The maximum absolute atomic E-state index is 11.9. The van der Waals surface area contributed by atoms with Gasteiger partial charge in [-0.2, -0.15) is 5.10 Å². The largest absolute Gasteiger partial charge is 0.469 e. The zero-order chi connectivity index (χ0) is 16.2. The van der Waals surface area contributed by atoms with Gasteiger partial charge < -0.3 is 13.9 Å². The molecule has 0 radical (unpaired) electrons. The standard InChI is InChI=1S/C17H16N2O4/c1-11(18-19-17(20)14-7-8-21-12(14)2)3-4-13-5-6-15-16(9-13)23-10-22-15/h3-9H,10H2,1-2H3,(H,19,20)/b4-3+,18-11?. The van der Waals surface area contributed by atoms with E-state index in [1.165, 1.54) is 6.26 Å². The van der Waals surface area contributed by atoms with Crippen LogP contribution >= 0.6 is 0 Å². The van der Waals surface area contributed by atoms with Crippen LogP contribution in [0.3, 0.4) is 0 Å². The SMILES string of the molecule is CC(/C=C/c1ccc2c(c1)OCO2)=NNC(=O)c1ccoc1C. The van der Waals surface area contributed by atoms with Crippen molar-refractivity contribution in [3.8, 4) is 11.5 Å². The highest BCUT2D eigenvalue weighted by Crippen LogP contribution is 2.32. The second-order valence-corrected chi connectivity index (χ2v) is 5.03. The average molecular weight is 312 g/mol. The lowest BCUT2D eigenvalue weighted by molar-refractivity contribution is 0.0953. The highest BCUT2D eigenvalue weighted by molar-refractivity contribution is 5.99. The number of allylic oxidation sites excluding steroid dienone is 1. The summed E-state index contributed by atoms with van der Waals surface area (Å²) in [5.74, 6) is 1.74. The minimum absolute atomic E-state index is 0.252. The van der Waals surface area contributed by atoms with Crippen LogP contribution in [-0.2, 0) is 0 Å². The van der Waals surface area contributed by atoms with Crippen LogP contribution in [0.15, 0.2) is 46.1 Å². The summed E-state index contributed by atoms with van der Waals surface area (Å²) in [6.07, 6.45) is 5.16. The summed E-state index contributed by atoms with van der Waals surface area (Å²) < 4.78 is 15.7. The van der Waals surface area contributed by atoms with E-state index in [1.54, 1.807) is 26.0 Å². The van der Waals surface area contributed by atoms with E-state index in [4.69, 9.17) is 13.9 Å². The second kappa shape index (κ2) is 6.39. The maximum atomic E-state index is 11.9. The number of aryl methyl sites for hydroxylation is 1. The number of nitrogens with one attached hydrogen (secondary N) is 1. The number of amides is 1. The predicted molar refractivity (Wildman–Crippen MR) is 85.6 cm³/mol. The van der Waals surface area contributed by atoms with E-state index >= 15 is 0 Å². The summed E-state index contributed by atoms with van der Waals surface area (Å²) in [4.78, 5) is 11.9. The summed E-state index contributed by atoms with van der Waals surface area (Å²) in [7, 11) is 0. The molecule has 3 rings (SSSR count). The molecule has 0 bridgehead atoms. The van der Waals surface area contributed by atoms with Crippen LogP contribution in [0.25, 0.3) is 6.08 Å². The minimum atomic E-state index is -0.299. The number of hydrogen-bond donors (Lipinski definition) is 1. The highest BCUT2D eigenvalue weighted by atomic mass is 16.7. The van der Waals surface area contributed by atoms with Gasteiger partial charge in [-0.05, 0) is 43.7 Å². The van der Waals surface area contributed by atoms with E-state index in [9.17, 15) is 4.79 Å². The molecule has 23 heavy (non-hydrogen) atoms. The molecule has 1 aromatic heterocycles. The zero-order valence-electron chi connectivity index (χ0n) is 12.8. The first-order chi connectivity index (χ1) is 11.1. The van der Waals surface area contributed by atoms with E-state index in [-0.39, 0.29) is 12.7 Å². The predicted octanol–water partition coefficient (Wildman–Crippen LogP) is 3.14. The Kier molecular flexibility index (Phi) is 4.14. The Labute approximate surface area is 133 Å². The molecule has 0 atom stereocenters. The van der Waals surface area contributed by atoms with Crippen LogP contribution in [-0.4, -0.2) is 18.4 Å². The fourth-order valence-electron chi connectivity index (χ4n) is 2.09. The van der Waals surface area contributed by atoms with Crippen molar-refractivity contribution >= 4 is 17.7 Å². The van der Waals surface area contributed by atoms with Gasteiger partial charge in [0, 0.05) is 0 Å². The van der Waals surface area contributed by atoms with Crippen LogP contribution in [0.4, 0.5) is 0 Å². The molecule has 2 heterocycles. The Bertz CT molecular complexity index is 790. The van der Waals surface area contributed by atoms with Gasteiger partial charge in [-0.25, -0.2) is 5.43 Å². The molecule has 0 spiro atoms. The molecule has 0 aliphatic carbocycles. The number of hydrazone groups is 1. The second-order valence-electron chi connectivity index (χ2n) is 5.03. The molecule has 6 nitrogen and oxygen atoms in total. The maximum Gasteiger partial charge on any atom is 0.274 e. The first-order valence-corrected chi connectivity index (χ1v) is 7.10. The van der Waals surface area contributed by atoms with E-state index in [1.807, 2.05) is 24.3 Å². The Morgan fingerprint density at radius 2 is 2.09 bits per heavy atom. The molecule has 1 aliphatic heterocycles. The zero-order valence-corrected chi connectivity index (χ0v) is 12.8. The van der Waals surface area contributed by atoms with Crippen molar-refractivity contribution in [2.75, 3.05) is 6.79 Å². The van der Waals surface area contributed by atoms with Crippen molar-refractivity contribution in [1.29, 1.82) is 0 Å². The normalized spacial score (nSPS) is 13.6. The van der Waals surface area contributed by atoms with Gasteiger partial charge in [0.15, 0.2) is 11.5 Å². The van der Waals surface area contributed by atoms with Crippen LogP contribution in [0.5, 0.6) is 11.5 Å². The van der Waals surface area contributed by atoms with E-state index in [0.717, 1.165) is 17.1 Å². The molecule has 0 saturated carbocycles. The number of carbonyl (C=O) groups is 1. The van der Waals surface area contributed by atoms with Crippen molar-refractivity contribution in [2.24, 2.45) is 5.10 Å². The Morgan fingerprint density at radius 3 is 2.87 bits per heavy atom. The first-order valence-electron chi connectivity index (χ1n) is 7.10. The van der Waals surface area contributed by atoms with Gasteiger partial charge in [-0.1, -0.05) is 12.1 Å². The van der Waals surface area contributed by atoms with Gasteiger partial charge in [0.1, 0.15) is 5.76 Å². The molecule has 1 aromatic carbocycles. The minimum Gasteiger partial charge on any atom is -0.469 e. The fraction of sp³-hybridized carbons (Fsp3) is 0.176. The smallest absolute Gasteiger partial charge is 0.274 e. The van der Waals surface area contributed by atoms with E-state index < -0.39 is 0 Å². The number of ether oxygens (including phenoxy) is 2. The third-order valence-corrected chi connectivity index (χ3v) is 3.35. The van der Waals surface area contributed by atoms with Crippen molar-refractivity contribution in [2.45, 2.75) is 13.8 Å². The molecular weight excluding hydrogens is 296 g/mol. The number of hydrogen-bond acceptors (Lipinski definition) is 5. The van der Waals surface area contributed by atoms with Gasteiger partial charge in [-0.15, -0.1) is 0 Å². The molecule has 1 amide bonds. The molecule has 2 aromatic rings. The van der Waals surface area contributed by atoms with Crippen molar-refractivity contribution in [3.05, 3.63) is 53.5 Å². The van der Waals surface area contributed by atoms with Gasteiger partial charge in [0.25, 0.3) is 5.91 Å². The number of benzene rings is 1. The molecule has 1 aliphatic rings. The number of carbonyl (C=O) groups excluding carboxylic acids is 1. The van der Waals surface area contributed by atoms with Crippen molar-refractivity contribution in [1.82, 2.24) is 5.43 Å². The van der Waals surface area contributed by atoms with Crippen LogP contribution in [0.1, 0.15) is 28.6 Å². The summed E-state index contributed by atoms with van der Waals surface area (Å²) in [6.45, 7) is 3.78. The van der Waals surface area contributed by atoms with E-state index in [0.29, 0.717) is 17.0 Å². The first kappa shape index (κ1) is 14.9. The van der Waals surface area contributed by atoms with Crippen LogP contribution in [0, 0.1) is 6.92 Å². The topological polar surface area (TPSA) is 73.1 Å². The van der Waals surface area contributed by atoms with Crippen molar-refractivity contribution in [3.63, 3.8) is 0 Å². The van der Waals surface area contributed by atoms with Gasteiger partial charge in [-0.3, -0.25) is 4.79 Å². The summed E-state index contributed by atoms with van der Waals surface area (Å²) >= 11 is 0. The van der Waals surface area contributed by atoms with E-state index in [2.05, 4.69) is 10.5 Å². The Hall–Kier alpha value is -3.02. The summed E-state index contributed by atoms with van der Waals surface area (Å²) in [5, 5.41) is 4.04. The lowest BCUT2D eigenvalue weighted by Gasteiger charge is -1.99. The number of fused-ring (bicyclic) bond motifs is 1. The van der Waals surface area contributed by atoms with Gasteiger partial charge in [0.2, 0.25) is 6.79 Å². The third kappa shape index (κ3) is 3.42. The van der Waals surface area contributed by atoms with Gasteiger partial charge in [0.05, 0.1) is 17.5 Å². The Morgan fingerprint density at radius 1 is 1.26 bits per heavy atom. The molecule has 0 unspecified atom stereocenters. The third-order valence-electron chi connectivity index (χ3n) is 3.35. The Balaban J connectivity index is 1.63. The molecule has 1 N–H and O–H groups in total. The lowest BCUT2D eigenvalue weighted by atomic mass is 10.2. The fourth-order valence-corrected chi connectivity index (χ4v) is 2.09. The number of rotatable bonds is 4. The number of nitrogens with zero attached hydrogens (tertiary/aromatic N) is 1. The number of furan rings is 1. The van der Waals surface area contributed by atoms with Crippen molar-refractivity contribution < 1.29 is 18.7 Å². The van der Waals surface area contributed by atoms with Crippen LogP contribution < -0.4 is 14.9 Å². The molecule has 0 saturated heterocycles. The lowest BCUT2D eigenvalue weighted by Crippen LogP contribution is -2.18. The average Bonchev–Trinajstić information content (AvgIpc) is 3.18. The summed E-state index contributed by atoms with van der Waals surface area (Å²) in [5.41, 5.74) is 4.59. The van der Waals surface area contributed by atoms with Gasteiger partial charge >= 0.3 is 0 Å². The molecule has 6 heteroatoms. The summed E-state index contributed by atoms with van der Waals surface area (Å²) in [6, 6.07) is 7.28.